The van der Waals surface area contributed by atoms with Gasteiger partial charge in [-0.25, -0.2) is 8.42 Å². The molecule has 0 aliphatic carbocycles. The standard InChI is InChI=1S/C22H22F3N3O4S/c23-22(24,25)18-7-4-8-19(15-18)33(31,32)28-13-11-27(12-14-28)21(30)16-26-20(29)10-9-17-5-2-1-3-6-17/h1-10,15H,11-14,16H2,(H,26,29)/b10-9+. The van der Waals surface area contributed by atoms with E-state index in [4.69, 9.17) is 0 Å². The summed E-state index contributed by atoms with van der Waals surface area (Å²) in [6, 6.07) is 12.7. The van der Waals surface area contributed by atoms with Gasteiger partial charge in [-0.2, -0.15) is 17.5 Å². The van der Waals surface area contributed by atoms with Gasteiger partial charge in [0.25, 0.3) is 0 Å². The summed E-state index contributed by atoms with van der Waals surface area (Å²) < 4.78 is 65.3. The van der Waals surface area contributed by atoms with Crippen molar-refractivity contribution >= 4 is 27.9 Å². The molecule has 2 aromatic rings. The van der Waals surface area contributed by atoms with E-state index in [1.165, 1.54) is 11.0 Å². The number of hydrogen-bond acceptors (Lipinski definition) is 4. The topological polar surface area (TPSA) is 86.8 Å². The summed E-state index contributed by atoms with van der Waals surface area (Å²) in [4.78, 5) is 25.2. The highest BCUT2D eigenvalue weighted by atomic mass is 32.2. The van der Waals surface area contributed by atoms with Gasteiger partial charge in [-0.15, -0.1) is 0 Å². The Kier molecular flexibility index (Phi) is 7.54. The van der Waals surface area contributed by atoms with Gasteiger partial charge in [0, 0.05) is 32.3 Å². The van der Waals surface area contributed by atoms with Gasteiger partial charge in [-0.05, 0) is 29.8 Å². The molecule has 3 rings (SSSR count). The lowest BCUT2D eigenvalue weighted by Crippen LogP contribution is -2.52. The van der Waals surface area contributed by atoms with E-state index in [2.05, 4.69) is 5.32 Å². The molecule has 1 heterocycles. The number of benzene rings is 2. The molecule has 0 saturated carbocycles. The smallest absolute Gasteiger partial charge is 0.343 e. The summed E-state index contributed by atoms with van der Waals surface area (Å²) in [5, 5.41) is 2.48. The Bertz CT molecular complexity index is 1130. The molecule has 2 aromatic carbocycles. The molecule has 7 nitrogen and oxygen atoms in total. The van der Waals surface area contributed by atoms with Crippen LogP contribution >= 0.6 is 0 Å². The fraction of sp³-hybridized carbons (Fsp3) is 0.273. The van der Waals surface area contributed by atoms with Crippen LogP contribution in [0.3, 0.4) is 0 Å². The van der Waals surface area contributed by atoms with E-state index < -0.39 is 32.6 Å². The molecule has 0 bridgehead atoms. The van der Waals surface area contributed by atoms with E-state index >= 15 is 0 Å². The highest BCUT2D eigenvalue weighted by Crippen LogP contribution is 2.31. The van der Waals surface area contributed by atoms with Crippen LogP contribution in [0.1, 0.15) is 11.1 Å². The number of halogens is 3. The Morgan fingerprint density at radius 2 is 1.64 bits per heavy atom. The first-order chi connectivity index (χ1) is 15.6. The van der Waals surface area contributed by atoms with Crippen LogP contribution < -0.4 is 5.32 Å². The molecule has 1 N–H and O–H groups in total. The third kappa shape index (κ3) is 6.42. The molecule has 1 saturated heterocycles. The maximum absolute atomic E-state index is 12.9. The Hall–Kier alpha value is -3.18. The lowest BCUT2D eigenvalue weighted by Gasteiger charge is -2.34. The highest BCUT2D eigenvalue weighted by Gasteiger charge is 2.34. The number of nitrogens with one attached hydrogen (secondary N) is 1. The van der Waals surface area contributed by atoms with E-state index in [0.29, 0.717) is 6.07 Å². The molecule has 1 aliphatic heterocycles. The second-order valence-corrected chi connectivity index (χ2v) is 9.21. The molecular weight excluding hydrogens is 459 g/mol. The SMILES string of the molecule is O=C(/C=C/c1ccccc1)NCC(=O)N1CCN(S(=O)(=O)c2cccc(C(F)(F)F)c2)CC1. The molecule has 1 fully saturated rings. The number of rotatable bonds is 6. The summed E-state index contributed by atoms with van der Waals surface area (Å²) >= 11 is 0. The zero-order chi connectivity index (χ0) is 24.1. The normalized spacial score (nSPS) is 15.5. The van der Waals surface area contributed by atoms with Gasteiger partial charge >= 0.3 is 6.18 Å². The van der Waals surface area contributed by atoms with Gasteiger partial charge in [0.1, 0.15) is 0 Å². The highest BCUT2D eigenvalue weighted by molar-refractivity contribution is 7.89. The minimum Gasteiger partial charge on any atom is -0.343 e. The average molecular weight is 481 g/mol. The molecule has 1 aliphatic rings. The number of hydrogen-bond donors (Lipinski definition) is 1. The quantitative estimate of drug-likeness (QED) is 0.642. The van der Waals surface area contributed by atoms with Crippen LogP contribution in [-0.2, 0) is 25.8 Å². The maximum Gasteiger partial charge on any atom is 0.416 e. The van der Waals surface area contributed by atoms with Crippen molar-refractivity contribution in [3.63, 3.8) is 0 Å². The molecule has 176 valence electrons. The third-order valence-corrected chi connectivity index (χ3v) is 6.93. The monoisotopic (exact) mass is 481 g/mol. The first-order valence-corrected chi connectivity index (χ1v) is 11.5. The van der Waals surface area contributed by atoms with Crippen molar-refractivity contribution in [3.8, 4) is 0 Å². The zero-order valence-electron chi connectivity index (χ0n) is 17.5. The molecule has 11 heteroatoms. The van der Waals surface area contributed by atoms with Crippen LogP contribution in [-0.4, -0.2) is 62.2 Å². The number of carbonyl (C=O) groups excluding carboxylic acids is 2. The van der Waals surface area contributed by atoms with E-state index in [1.807, 2.05) is 30.3 Å². The predicted octanol–water partition coefficient (Wildman–Crippen LogP) is 2.37. The third-order valence-electron chi connectivity index (χ3n) is 5.03. The maximum atomic E-state index is 12.9. The molecule has 33 heavy (non-hydrogen) atoms. The molecule has 0 unspecified atom stereocenters. The summed E-state index contributed by atoms with van der Waals surface area (Å²) in [6.07, 6.45) is -1.74. The van der Waals surface area contributed by atoms with Crippen molar-refractivity contribution < 1.29 is 31.2 Å². The Balaban J connectivity index is 1.52. The van der Waals surface area contributed by atoms with E-state index in [-0.39, 0.29) is 38.6 Å². The largest absolute Gasteiger partial charge is 0.416 e. The fourth-order valence-electron chi connectivity index (χ4n) is 3.23. The Labute approximate surface area is 189 Å². The fourth-order valence-corrected chi connectivity index (χ4v) is 4.70. The molecule has 0 atom stereocenters. The van der Waals surface area contributed by atoms with Crippen molar-refractivity contribution in [2.45, 2.75) is 11.1 Å². The van der Waals surface area contributed by atoms with Gasteiger partial charge < -0.3 is 10.2 Å². The van der Waals surface area contributed by atoms with Gasteiger partial charge in [0.2, 0.25) is 21.8 Å². The number of carbonyl (C=O) groups is 2. The van der Waals surface area contributed by atoms with Crippen molar-refractivity contribution in [2.24, 2.45) is 0 Å². The van der Waals surface area contributed by atoms with Gasteiger partial charge in [-0.3, -0.25) is 9.59 Å². The number of alkyl halides is 3. The van der Waals surface area contributed by atoms with Crippen LogP contribution in [0.5, 0.6) is 0 Å². The van der Waals surface area contributed by atoms with Crippen LogP contribution in [0.25, 0.3) is 6.08 Å². The molecule has 0 aromatic heterocycles. The van der Waals surface area contributed by atoms with E-state index in [9.17, 15) is 31.2 Å². The first kappa shape index (κ1) is 24.5. The van der Waals surface area contributed by atoms with Gasteiger partial charge in [0.05, 0.1) is 17.0 Å². The number of sulfonamides is 1. The van der Waals surface area contributed by atoms with Crippen molar-refractivity contribution in [3.05, 3.63) is 71.8 Å². The first-order valence-electron chi connectivity index (χ1n) is 10.0. The predicted molar refractivity (Wildman–Crippen MR) is 115 cm³/mol. The van der Waals surface area contributed by atoms with Crippen molar-refractivity contribution in [1.29, 1.82) is 0 Å². The Morgan fingerprint density at radius 3 is 2.27 bits per heavy atom. The molecular formula is C22H22F3N3O4S. The second-order valence-electron chi connectivity index (χ2n) is 7.27. The average Bonchev–Trinajstić information content (AvgIpc) is 2.81. The summed E-state index contributed by atoms with van der Waals surface area (Å²) in [7, 11) is -4.14. The summed E-state index contributed by atoms with van der Waals surface area (Å²) in [6.45, 7) is -0.254. The minimum absolute atomic E-state index is 0.0623. The van der Waals surface area contributed by atoms with E-state index in [1.54, 1.807) is 6.08 Å². The number of piperazine rings is 1. The van der Waals surface area contributed by atoms with E-state index in [0.717, 1.165) is 28.1 Å². The molecule has 0 spiro atoms. The summed E-state index contributed by atoms with van der Waals surface area (Å²) in [5.41, 5.74) is -0.216. The molecule has 2 amide bonds. The second kappa shape index (κ2) is 10.2. The van der Waals surface area contributed by atoms with Gasteiger partial charge in [0.15, 0.2) is 0 Å². The van der Waals surface area contributed by atoms with Crippen LogP contribution in [0.4, 0.5) is 13.2 Å². The van der Waals surface area contributed by atoms with Crippen molar-refractivity contribution in [1.82, 2.24) is 14.5 Å². The molecule has 0 radical (unpaired) electrons. The lowest BCUT2D eigenvalue weighted by molar-refractivity contribution is -0.137. The zero-order valence-corrected chi connectivity index (χ0v) is 18.3. The van der Waals surface area contributed by atoms with Crippen LogP contribution in [0.15, 0.2) is 65.6 Å². The van der Waals surface area contributed by atoms with Crippen LogP contribution in [0.2, 0.25) is 0 Å². The van der Waals surface area contributed by atoms with Gasteiger partial charge in [-0.1, -0.05) is 36.4 Å². The Morgan fingerprint density at radius 1 is 0.970 bits per heavy atom. The number of nitrogens with zero attached hydrogens (tertiary/aromatic N) is 2. The number of amides is 2. The van der Waals surface area contributed by atoms with Crippen molar-refractivity contribution in [2.75, 3.05) is 32.7 Å². The summed E-state index contributed by atoms with van der Waals surface area (Å²) in [5.74, 6) is -0.828. The van der Waals surface area contributed by atoms with Crippen LogP contribution in [0, 0.1) is 0 Å². The lowest BCUT2D eigenvalue weighted by atomic mass is 10.2. The minimum atomic E-state index is -4.66.